The molecule has 0 unspecified atom stereocenters. The third kappa shape index (κ3) is 2.70. The van der Waals surface area contributed by atoms with Gasteiger partial charge < -0.3 is 9.84 Å². The molecule has 1 aliphatic rings. The van der Waals surface area contributed by atoms with E-state index < -0.39 is 0 Å². The molecule has 0 aromatic heterocycles. The monoisotopic (exact) mass is 182 g/mol. The zero-order valence-corrected chi connectivity index (χ0v) is 7.75. The van der Waals surface area contributed by atoms with Crippen molar-refractivity contribution in [1.29, 1.82) is 0 Å². The molecule has 0 aromatic carbocycles. The predicted molar refractivity (Wildman–Crippen MR) is 48.9 cm³/mol. The van der Waals surface area contributed by atoms with Crippen molar-refractivity contribution in [1.82, 2.24) is 0 Å². The maximum absolute atomic E-state index is 11.2. The molecule has 0 fully saturated rings. The summed E-state index contributed by atoms with van der Waals surface area (Å²) in [6.45, 7) is 2.10. The van der Waals surface area contributed by atoms with E-state index in [9.17, 15) is 4.79 Å². The topological polar surface area (TPSA) is 46.5 Å². The number of rotatable bonds is 4. The third-order valence-corrected chi connectivity index (χ3v) is 1.80. The van der Waals surface area contributed by atoms with E-state index in [1.807, 2.05) is 13.0 Å². The largest absolute Gasteiger partial charge is 0.424 e. The predicted octanol–water partition coefficient (Wildman–Crippen LogP) is 1.54. The van der Waals surface area contributed by atoms with Gasteiger partial charge in [0.25, 0.3) is 0 Å². The van der Waals surface area contributed by atoms with Crippen molar-refractivity contribution in [2.45, 2.75) is 26.2 Å². The number of aliphatic hydroxyl groups is 1. The third-order valence-electron chi connectivity index (χ3n) is 1.80. The van der Waals surface area contributed by atoms with Gasteiger partial charge in [0, 0.05) is 12.2 Å². The van der Waals surface area contributed by atoms with E-state index in [0.29, 0.717) is 24.2 Å². The van der Waals surface area contributed by atoms with Gasteiger partial charge in [-0.3, -0.25) is 0 Å². The summed E-state index contributed by atoms with van der Waals surface area (Å²) in [6.07, 6.45) is 5.68. The molecule has 1 N–H and O–H groups in total. The quantitative estimate of drug-likeness (QED) is 0.671. The Kier molecular flexibility index (Phi) is 3.71. The fraction of sp³-hybridized carbons (Fsp3) is 0.500. The van der Waals surface area contributed by atoms with Crippen molar-refractivity contribution in [3.05, 3.63) is 23.5 Å². The van der Waals surface area contributed by atoms with Crippen LogP contribution in [0.25, 0.3) is 0 Å². The fourth-order valence-electron chi connectivity index (χ4n) is 1.18. The standard InChI is InChI=1S/C10H14O3/c1-2-4-9-7-8(5-3-6-11)10(12)13-9/h4,7,11H,2-3,5-6H2,1H3/b9-4+. The van der Waals surface area contributed by atoms with Gasteiger partial charge in [0.2, 0.25) is 0 Å². The molecule has 3 heteroatoms. The van der Waals surface area contributed by atoms with Gasteiger partial charge in [-0.25, -0.2) is 4.79 Å². The zero-order chi connectivity index (χ0) is 9.68. The van der Waals surface area contributed by atoms with Crippen molar-refractivity contribution in [3.8, 4) is 0 Å². The first-order valence-corrected chi connectivity index (χ1v) is 4.51. The van der Waals surface area contributed by atoms with E-state index in [2.05, 4.69) is 0 Å². The summed E-state index contributed by atoms with van der Waals surface area (Å²) in [5.41, 5.74) is 0.661. The molecule has 72 valence electrons. The summed E-state index contributed by atoms with van der Waals surface area (Å²) in [7, 11) is 0. The van der Waals surface area contributed by atoms with Gasteiger partial charge in [-0.1, -0.05) is 6.92 Å². The Morgan fingerprint density at radius 3 is 3.00 bits per heavy atom. The van der Waals surface area contributed by atoms with Crippen LogP contribution in [0, 0.1) is 0 Å². The van der Waals surface area contributed by atoms with Crippen molar-refractivity contribution in [2.24, 2.45) is 0 Å². The van der Waals surface area contributed by atoms with Crippen LogP contribution in [0.15, 0.2) is 23.5 Å². The number of carbonyl (C=O) groups is 1. The van der Waals surface area contributed by atoms with Gasteiger partial charge in [-0.2, -0.15) is 0 Å². The minimum absolute atomic E-state index is 0.109. The molecule has 13 heavy (non-hydrogen) atoms. The Hall–Kier alpha value is -1.09. The molecule has 0 aromatic rings. The van der Waals surface area contributed by atoms with Crippen LogP contribution in [0.3, 0.4) is 0 Å². The molecule has 1 heterocycles. The number of hydrogen-bond acceptors (Lipinski definition) is 3. The number of ether oxygens (including phenoxy) is 1. The second-order valence-electron chi connectivity index (χ2n) is 2.90. The molecule has 0 saturated carbocycles. The first-order chi connectivity index (χ1) is 6.27. The number of cyclic esters (lactones) is 1. The first-order valence-electron chi connectivity index (χ1n) is 4.51. The minimum atomic E-state index is -0.270. The Labute approximate surface area is 77.7 Å². The molecule has 0 atom stereocenters. The SMILES string of the molecule is CC/C=C1\C=C(CCCO)C(=O)O1. The number of aliphatic hydroxyl groups excluding tert-OH is 1. The normalized spacial score (nSPS) is 19.1. The number of hydrogen-bond donors (Lipinski definition) is 1. The van der Waals surface area contributed by atoms with Crippen LogP contribution in [0.1, 0.15) is 26.2 Å². The van der Waals surface area contributed by atoms with Crippen LogP contribution in [0.5, 0.6) is 0 Å². The van der Waals surface area contributed by atoms with Crippen LogP contribution in [0.4, 0.5) is 0 Å². The lowest BCUT2D eigenvalue weighted by atomic mass is 10.1. The average Bonchev–Trinajstić information content (AvgIpc) is 2.44. The van der Waals surface area contributed by atoms with E-state index in [-0.39, 0.29) is 12.6 Å². The highest BCUT2D eigenvalue weighted by molar-refractivity contribution is 5.92. The number of esters is 1. The van der Waals surface area contributed by atoms with Gasteiger partial charge in [0.15, 0.2) is 0 Å². The van der Waals surface area contributed by atoms with Crippen molar-refractivity contribution < 1.29 is 14.6 Å². The maximum atomic E-state index is 11.2. The summed E-state index contributed by atoms with van der Waals surface area (Å²) in [4.78, 5) is 11.2. The van der Waals surface area contributed by atoms with Crippen molar-refractivity contribution >= 4 is 5.97 Å². The van der Waals surface area contributed by atoms with Crippen LogP contribution < -0.4 is 0 Å². The van der Waals surface area contributed by atoms with Gasteiger partial charge in [0.05, 0.1) is 0 Å². The highest BCUT2D eigenvalue weighted by Gasteiger charge is 2.19. The first kappa shape index (κ1) is 9.99. The molecule has 0 bridgehead atoms. The Morgan fingerprint density at radius 2 is 2.38 bits per heavy atom. The van der Waals surface area contributed by atoms with E-state index in [1.165, 1.54) is 0 Å². The summed E-state index contributed by atoms with van der Waals surface area (Å²) in [5, 5.41) is 8.59. The van der Waals surface area contributed by atoms with Gasteiger partial charge in [-0.15, -0.1) is 0 Å². The second kappa shape index (κ2) is 4.82. The molecule has 0 aliphatic carbocycles. The van der Waals surface area contributed by atoms with E-state index in [4.69, 9.17) is 9.84 Å². The van der Waals surface area contributed by atoms with Crippen molar-refractivity contribution in [2.75, 3.05) is 6.61 Å². The number of allylic oxidation sites excluding steroid dienone is 2. The van der Waals surface area contributed by atoms with Gasteiger partial charge in [-0.05, 0) is 31.4 Å². The average molecular weight is 182 g/mol. The molecule has 0 amide bonds. The second-order valence-corrected chi connectivity index (χ2v) is 2.90. The zero-order valence-electron chi connectivity index (χ0n) is 7.75. The summed E-state index contributed by atoms with van der Waals surface area (Å²) < 4.78 is 4.96. The Bertz CT molecular complexity index is 251. The molecule has 0 saturated heterocycles. The lowest BCUT2D eigenvalue weighted by Crippen LogP contribution is -1.99. The molecular formula is C10H14O3. The molecule has 0 spiro atoms. The summed E-state index contributed by atoms with van der Waals surface area (Å²) in [6, 6.07) is 0. The smallest absolute Gasteiger partial charge is 0.339 e. The van der Waals surface area contributed by atoms with E-state index in [0.717, 1.165) is 6.42 Å². The van der Waals surface area contributed by atoms with Crippen LogP contribution >= 0.6 is 0 Å². The van der Waals surface area contributed by atoms with Gasteiger partial charge >= 0.3 is 5.97 Å². The number of carbonyl (C=O) groups excluding carboxylic acids is 1. The highest BCUT2D eigenvalue weighted by Crippen LogP contribution is 2.20. The van der Waals surface area contributed by atoms with Crippen molar-refractivity contribution in [3.63, 3.8) is 0 Å². The molecule has 3 nitrogen and oxygen atoms in total. The minimum Gasteiger partial charge on any atom is -0.424 e. The fourth-order valence-corrected chi connectivity index (χ4v) is 1.18. The van der Waals surface area contributed by atoms with Crippen LogP contribution in [-0.2, 0) is 9.53 Å². The van der Waals surface area contributed by atoms with Crippen LogP contribution in [0.2, 0.25) is 0 Å². The van der Waals surface area contributed by atoms with Gasteiger partial charge in [0.1, 0.15) is 5.76 Å². The summed E-state index contributed by atoms with van der Waals surface area (Å²) in [5.74, 6) is 0.369. The Morgan fingerprint density at radius 1 is 1.62 bits per heavy atom. The highest BCUT2D eigenvalue weighted by atomic mass is 16.5. The lowest BCUT2D eigenvalue weighted by Gasteiger charge is -1.95. The summed E-state index contributed by atoms with van der Waals surface area (Å²) >= 11 is 0. The van der Waals surface area contributed by atoms with E-state index >= 15 is 0 Å². The lowest BCUT2D eigenvalue weighted by molar-refractivity contribution is -0.133. The maximum Gasteiger partial charge on any atom is 0.339 e. The Balaban J connectivity index is 2.57. The van der Waals surface area contributed by atoms with Crippen LogP contribution in [-0.4, -0.2) is 17.7 Å². The molecule has 0 radical (unpaired) electrons. The molecule has 1 rings (SSSR count). The molecular weight excluding hydrogens is 168 g/mol. The molecule has 1 aliphatic heterocycles. The van der Waals surface area contributed by atoms with E-state index in [1.54, 1.807) is 6.08 Å².